The van der Waals surface area contributed by atoms with Crippen LogP contribution < -0.4 is 15.5 Å². The molecule has 2 unspecified atom stereocenters. The molecule has 0 spiro atoms. The summed E-state index contributed by atoms with van der Waals surface area (Å²) in [5.74, 6) is 0.405. The molecule has 1 saturated heterocycles. The average molecular weight is 471 g/mol. The maximum absolute atomic E-state index is 15.1. The van der Waals surface area contributed by atoms with Gasteiger partial charge in [0.05, 0.1) is 39.5 Å². The molecule has 26 heavy (non-hydrogen) atoms. The van der Waals surface area contributed by atoms with Gasteiger partial charge in [0.15, 0.2) is 0 Å². The summed E-state index contributed by atoms with van der Waals surface area (Å²) in [6, 6.07) is 2.37. The molecule has 2 aliphatic heterocycles. The third-order valence-corrected chi connectivity index (χ3v) is 6.74. The van der Waals surface area contributed by atoms with Crippen LogP contribution in [-0.4, -0.2) is 58.5 Å². The van der Waals surface area contributed by atoms with Crippen LogP contribution in [0.2, 0.25) is 0 Å². The zero-order chi connectivity index (χ0) is 18.7. The van der Waals surface area contributed by atoms with Crippen LogP contribution in [0.5, 0.6) is 0 Å². The summed E-state index contributed by atoms with van der Waals surface area (Å²) in [6.07, 6.45) is 0.900. The van der Waals surface area contributed by atoms with Gasteiger partial charge in [0.1, 0.15) is 11.6 Å². The van der Waals surface area contributed by atoms with E-state index in [4.69, 9.17) is 0 Å². The number of hydrogen-bond donors (Lipinski definition) is 0. The Hall–Kier alpha value is -1.42. The number of halogens is 2. The van der Waals surface area contributed by atoms with Crippen molar-refractivity contribution < 1.29 is 4.39 Å². The van der Waals surface area contributed by atoms with Crippen molar-refractivity contribution in [3.05, 3.63) is 27.9 Å². The molecular formula is C18H23FIN5O. The fourth-order valence-electron chi connectivity index (χ4n) is 4.14. The molecule has 2 atom stereocenters. The fraction of sp³-hybridized carbons (Fsp3) is 0.556. The van der Waals surface area contributed by atoms with E-state index in [0.29, 0.717) is 23.1 Å². The summed E-state index contributed by atoms with van der Waals surface area (Å²) in [5, 5.41) is 0.742. The molecule has 4 rings (SSSR count). The molecule has 6 nitrogen and oxygen atoms in total. The van der Waals surface area contributed by atoms with Crippen molar-refractivity contribution in [3.63, 3.8) is 0 Å². The van der Waals surface area contributed by atoms with Gasteiger partial charge in [0.25, 0.3) is 0 Å². The van der Waals surface area contributed by atoms with E-state index in [9.17, 15) is 4.79 Å². The molecule has 8 heteroatoms. The first-order chi connectivity index (χ1) is 12.3. The molecule has 0 saturated carbocycles. The standard InChI is InChI=1S/C18H23FIN5O/c1-10-7-13-14-16(15(10)19)22(3)6-5-12-9-23(4)11(2)8-24(12)17(14)21-18(26)25(13)20/h7,11-12H,5-6,8-9H2,1-4H3. The molecule has 140 valence electrons. The SMILES string of the molecule is Cc1cc2c3c(nc(=O)n2I)N2CC(C)N(C)CC2CCN(C)c3c1F. The van der Waals surface area contributed by atoms with E-state index < -0.39 is 0 Å². The molecular weight excluding hydrogens is 448 g/mol. The Kier molecular flexibility index (Phi) is 4.37. The van der Waals surface area contributed by atoms with Crippen molar-refractivity contribution in [1.82, 2.24) is 12.7 Å². The molecule has 3 heterocycles. The van der Waals surface area contributed by atoms with Gasteiger partial charge in [-0.1, -0.05) is 0 Å². The normalized spacial score (nSPS) is 23.8. The highest BCUT2D eigenvalue weighted by atomic mass is 127. The second kappa shape index (κ2) is 6.33. The van der Waals surface area contributed by atoms with Crippen molar-refractivity contribution in [2.75, 3.05) is 43.5 Å². The number of aryl methyl sites for hydroxylation is 1. The number of aromatic nitrogens is 2. The maximum atomic E-state index is 15.1. The van der Waals surface area contributed by atoms with Crippen LogP contribution in [0.15, 0.2) is 10.9 Å². The Morgan fingerprint density at radius 1 is 1.31 bits per heavy atom. The lowest BCUT2D eigenvalue weighted by Crippen LogP contribution is -2.57. The van der Waals surface area contributed by atoms with E-state index in [1.165, 1.54) is 2.78 Å². The third kappa shape index (κ3) is 2.60. The average Bonchev–Trinajstić information content (AvgIpc) is 2.59. The minimum absolute atomic E-state index is 0.223. The zero-order valence-corrected chi connectivity index (χ0v) is 17.6. The lowest BCUT2D eigenvalue weighted by atomic mass is 10.00. The van der Waals surface area contributed by atoms with E-state index in [1.807, 2.05) is 34.8 Å². The van der Waals surface area contributed by atoms with E-state index >= 15 is 4.39 Å². The van der Waals surface area contributed by atoms with Crippen molar-refractivity contribution in [3.8, 4) is 0 Å². The molecule has 0 radical (unpaired) electrons. The van der Waals surface area contributed by atoms with Gasteiger partial charge in [-0.05, 0) is 38.9 Å². The van der Waals surface area contributed by atoms with E-state index in [1.54, 1.807) is 13.0 Å². The van der Waals surface area contributed by atoms with Crippen molar-refractivity contribution in [1.29, 1.82) is 0 Å². The number of rotatable bonds is 0. The molecule has 0 bridgehead atoms. The van der Waals surface area contributed by atoms with Gasteiger partial charge in [0, 0.05) is 38.8 Å². The highest BCUT2D eigenvalue weighted by Crippen LogP contribution is 2.40. The Morgan fingerprint density at radius 3 is 2.77 bits per heavy atom. The van der Waals surface area contributed by atoms with Gasteiger partial charge in [-0.25, -0.2) is 12.0 Å². The Balaban J connectivity index is 2.08. The number of nitrogens with zero attached hydrogens (tertiary/aromatic N) is 5. The van der Waals surface area contributed by atoms with Crippen molar-refractivity contribution in [2.24, 2.45) is 0 Å². The van der Waals surface area contributed by atoms with Crippen LogP contribution in [0.4, 0.5) is 15.9 Å². The van der Waals surface area contributed by atoms with Crippen molar-refractivity contribution >= 4 is 45.3 Å². The Bertz CT molecular complexity index is 946. The van der Waals surface area contributed by atoms with Crippen LogP contribution in [0.25, 0.3) is 10.9 Å². The monoisotopic (exact) mass is 471 g/mol. The summed E-state index contributed by atoms with van der Waals surface area (Å²) < 4.78 is 16.6. The van der Waals surface area contributed by atoms with Gasteiger partial charge in [-0.15, -0.1) is 0 Å². The summed E-state index contributed by atoms with van der Waals surface area (Å²) in [7, 11) is 4.06. The quantitative estimate of drug-likeness (QED) is 0.553. The summed E-state index contributed by atoms with van der Waals surface area (Å²) in [4.78, 5) is 23.5. The predicted octanol–water partition coefficient (Wildman–Crippen LogP) is 2.39. The van der Waals surface area contributed by atoms with Gasteiger partial charge < -0.3 is 9.80 Å². The number of likely N-dealkylation sites (N-methyl/N-ethyl adjacent to an activating group) is 1. The molecule has 2 aromatic rings. The summed E-state index contributed by atoms with van der Waals surface area (Å²) in [5.41, 5.74) is 1.52. The predicted molar refractivity (Wildman–Crippen MR) is 111 cm³/mol. The fourth-order valence-corrected chi connectivity index (χ4v) is 4.63. The molecule has 0 aliphatic carbocycles. The Morgan fingerprint density at radius 2 is 2.04 bits per heavy atom. The summed E-state index contributed by atoms with van der Waals surface area (Å²) in [6.45, 7) is 6.38. The van der Waals surface area contributed by atoms with E-state index in [0.717, 1.165) is 37.0 Å². The molecule has 1 fully saturated rings. The highest BCUT2D eigenvalue weighted by molar-refractivity contribution is 14.1. The number of anilines is 2. The zero-order valence-electron chi connectivity index (χ0n) is 15.5. The first-order valence-corrected chi connectivity index (χ1v) is 9.86. The largest absolute Gasteiger partial charge is 0.371 e. The van der Waals surface area contributed by atoms with Gasteiger partial charge in [-0.3, -0.25) is 4.90 Å². The van der Waals surface area contributed by atoms with Crippen LogP contribution >= 0.6 is 22.9 Å². The summed E-state index contributed by atoms with van der Waals surface area (Å²) >= 11 is 1.96. The first kappa shape index (κ1) is 18.0. The smallest absolute Gasteiger partial charge is 0.359 e. The van der Waals surface area contributed by atoms with Gasteiger partial charge in [-0.2, -0.15) is 4.98 Å². The lowest BCUT2D eigenvalue weighted by molar-refractivity contribution is 0.195. The number of benzene rings is 1. The minimum Gasteiger partial charge on any atom is -0.371 e. The maximum Gasteiger partial charge on any atom is 0.359 e. The third-order valence-electron chi connectivity index (χ3n) is 5.81. The van der Waals surface area contributed by atoms with Crippen LogP contribution in [0.1, 0.15) is 18.9 Å². The highest BCUT2D eigenvalue weighted by Gasteiger charge is 2.35. The molecule has 0 N–H and O–H groups in total. The minimum atomic E-state index is -0.307. The van der Waals surface area contributed by atoms with Crippen LogP contribution in [0, 0.1) is 12.7 Å². The molecule has 1 aromatic heterocycles. The molecule has 2 aliphatic rings. The second-order valence-electron chi connectivity index (χ2n) is 7.55. The van der Waals surface area contributed by atoms with Gasteiger partial charge >= 0.3 is 5.69 Å². The molecule has 0 amide bonds. The Labute approximate surface area is 166 Å². The van der Waals surface area contributed by atoms with Crippen LogP contribution in [-0.2, 0) is 0 Å². The topological polar surface area (TPSA) is 44.6 Å². The van der Waals surface area contributed by atoms with E-state index in [2.05, 4.69) is 28.8 Å². The molecule has 1 aromatic carbocycles. The van der Waals surface area contributed by atoms with Gasteiger partial charge in [0.2, 0.25) is 0 Å². The van der Waals surface area contributed by atoms with E-state index in [-0.39, 0.29) is 17.5 Å². The number of piperazine rings is 1. The second-order valence-corrected chi connectivity index (χ2v) is 8.52. The number of fused-ring (bicyclic) bond motifs is 2. The van der Waals surface area contributed by atoms with Crippen molar-refractivity contribution in [2.45, 2.75) is 32.4 Å². The first-order valence-electron chi connectivity index (χ1n) is 8.89. The number of hydrogen-bond acceptors (Lipinski definition) is 5. The van der Waals surface area contributed by atoms with Crippen LogP contribution in [0.3, 0.4) is 0 Å². The lowest BCUT2D eigenvalue weighted by Gasteiger charge is -2.46.